The summed E-state index contributed by atoms with van der Waals surface area (Å²) in [6, 6.07) is 7.35. The summed E-state index contributed by atoms with van der Waals surface area (Å²) in [6.07, 6.45) is 7.44. The zero-order valence-corrected chi connectivity index (χ0v) is 20.1. The minimum atomic E-state index is -0.408. The van der Waals surface area contributed by atoms with Crippen LogP contribution in [0, 0.1) is 17.8 Å². The topological polar surface area (TPSA) is 75.7 Å². The van der Waals surface area contributed by atoms with Crippen LogP contribution in [-0.2, 0) is 14.3 Å². The number of benzene rings is 1. The first kappa shape index (κ1) is 23.9. The first-order valence-corrected chi connectivity index (χ1v) is 12.7. The lowest BCUT2D eigenvalue weighted by molar-refractivity contribution is -0.151. The van der Waals surface area contributed by atoms with Crippen LogP contribution in [0.4, 0.5) is 0 Å². The molecular formula is C27H38N2O4. The number of ether oxygens (including phenoxy) is 1. The van der Waals surface area contributed by atoms with Gasteiger partial charge in [-0.3, -0.25) is 14.4 Å². The molecule has 6 nitrogen and oxygen atoms in total. The Labute approximate surface area is 197 Å². The number of amides is 2. The molecule has 0 spiro atoms. The Kier molecular flexibility index (Phi) is 7.84. The summed E-state index contributed by atoms with van der Waals surface area (Å²) in [4.78, 5) is 40.8. The average molecular weight is 455 g/mol. The van der Waals surface area contributed by atoms with Gasteiger partial charge >= 0.3 is 0 Å². The lowest BCUT2D eigenvalue weighted by Gasteiger charge is -2.37. The van der Waals surface area contributed by atoms with Gasteiger partial charge in [0.1, 0.15) is 0 Å². The van der Waals surface area contributed by atoms with Crippen molar-refractivity contribution >= 4 is 17.6 Å². The number of piperidine rings is 1. The molecule has 1 aromatic carbocycles. The van der Waals surface area contributed by atoms with Crippen molar-refractivity contribution in [2.24, 2.45) is 17.8 Å². The molecule has 2 amide bonds. The molecule has 180 valence electrons. The number of Topliss-reactive ketones (excluding diaryl/α,β-unsaturated/α-hetero) is 1. The number of nitrogens with one attached hydrogen (secondary N) is 1. The minimum Gasteiger partial charge on any atom is -0.380 e. The SMILES string of the molecule is CC(C)C(=O)C(NC(=O)c1cccc(C2CCCN(C(=O)C3COC3)C2)c1)C1CCCCC1. The summed E-state index contributed by atoms with van der Waals surface area (Å²) in [6.45, 7) is 6.39. The van der Waals surface area contributed by atoms with Crippen molar-refractivity contribution in [2.45, 2.75) is 70.8 Å². The van der Waals surface area contributed by atoms with Crippen molar-refractivity contribution in [3.05, 3.63) is 35.4 Å². The highest BCUT2D eigenvalue weighted by atomic mass is 16.5. The number of carbonyl (C=O) groups is 3. The Morgan fingerprint density at radius 2 is 1.79 bits per heavy atom. The fraction of sp³-hybridized carbons (Fsp3) is 0.667. The van der Waals surface area contributed by atoms with E-state index in [0.717, 1.165) is 50.6 Å². The van der Waals surface area contributed by atoms with Gasteiger partial charge in [-0.25, -0.2) is 0 Å². The van der Waals surface area contributed by atoms with Gasteiger partial charge in [-0.05, 0) is 49.3 Å². The molecule has 3 fully saturated rings. The van der Waals surface area contributed by atoms with Crippen molar-refractivity contribution in [3.8, 4) is 0 Å². The predicted octanol–water partition coefficient (Wildman–Crippen LogP) is 3.94. The molecule has 2 aliphatic heterocycles. The van der Waals surface area contributed by atoms with E-state index in [1.165, 1.54) is 6.42 Å². The lowest BCUT2D eigenvalue weighted by Crippen LogP contribution is -2.48. The van der Waals surface area contributed by atoms with E-state index in [1.54, 1.807) is 0 Å². The second-order valence-electron chi connectivity index (χ2n) is 10.4. The third-order valence-corrected chi connectivity index (χ3v) is 7.62. The Hall–Kier alpha value is -2.21. The van der Waals surface area contributed by atoms with E-state index in [0.29, 0.717) is 25.3 Å². The molecule has 0 bridgehead atoms. The van der Waals surface area contributed by atoms with Crippen molar-refractivity contribution in [2.75, 3.05) is 26.3 Å². The van der Waals surface area contributed by atoms with E-state index in [9.17, 15) is 14.4 Å². The fourth-order valence-electron chi connectivity index (χ4n) is 5.49. The van der Waals surface area contributed by atoms with Gasteiger partial charge < -0.3 is 15.0 Å². The van der Waals surface area contributed by atoms with Crippen LogP contribution in [0.1, 0.15) is 80.6 Å². The first-order valence-electron chi connectivity index (χ1n) is 12.7. The van der Waals surface area contributed by atoms with Crippen LogP contribution in [0.5, 0.6) is 0 Å². The maximum Gasteiger partial charge on any atom is 0.251 e. The Morgan fingerprint density at radius 1 is 1.03 bits per heavy atom. The van der Waals surface area contributed by atoms with Crippen LogP contribution in [0.2, 0.25) is 0 Å². The van der Waals surface area contributed by atoms with Crippen LogP contribution >= 0.6 is 0 Å². The maximum absolute atomic E-state index is 13.2. The second-order valence-corrected chi connectivity index (χ2v) is 10.4. The number of likely N-dealkylation sites (tertiary alicyclic amines) is 1. The quantitative estimate of drug-likeness (QED) is 0.677. The molecule has 0 radical (unpaired) electrons. The van der Waals surface area contributed by atoms with E-state index < -0.39 is 6.04 Å². The van der Waals surface area contributed by atoms with Gasteiger partial charge in [-0.15, -0.1) is 0 Å². The molecular weight excluding hydrogens is 416 g/mol. The Balaban J connectivity index is 1.45. The Morgan fingerprint density at radius 3 is 2.45 bits per heavy atom. The van der Waals surface area contributed by atoms with Crippen molar-refractivity contribution in [3.63, 3.8) is 0 Å². The summed E-state index contributed by atoms with van der Waals surface area (Å²) < 4.78 is 5.19. The molecule has 1 aromatic rings. The molecule has 1 N–H and O–H groups in total. The first-order chi connectivity index (χ1) is 15.9. The highest BCUT2D eigenvalue weighted by Gasteiger charge is 2.34. The van der Waals surface area contributed by atoms with Gasteiger partial charge in [0, 0.05) is 30.5 Å². The number of carbonyl (C=O) groups excluding carboxylic acids is 3. The number of hydrogen-bond acceptors (Lipinski definition) is 4. The van der Waals surface area contributed by atoms with Crippen LogP contribution in [0.25, 0.3) is 0 Å². The number of ketones is 1. The maximum atomic E-state index is 13.2. The average Bonchev–Trinajstić information content (AvgIpc) is 2.81. The van der Waals surface area contributed by atoms with E-state index in [-0.39, 0.29) is 41.3 Å². The highest BCUT2D eigenvalue weighted by Crippen LogP contribution is 2.30. The highest BCUT2D eigenvalue weighted by molar-refractivity contribution is 5.98. The molecule has 4 rings (SSSR count). The zero-order valence-electron chi connectivity index (χ0n) is 20.1. The molecule has 2 saturated heterocycles. The van der Waals surface area contributed by atoms with E-state index >= 15 is 0 Å². The monoisotopic (exact) mass is 454 g/mol. The third-order valence-electron chi connectivity index (χ3n) is 7.62. The number of nitrogens with zero attached hydrogens (tertiary/aromatic N) is 1. The van der Waals surface area contributed by atoms with Gasteiger partial charge in [-0.1, -0.05) is 45.2 Å². The third kappa shape index (κ3) is 5.65. The smallest absolute Gasteiger partial charge is 0.251 e. The van der Waals surface area contributed by atoms with E-state index in [2.05, 4.69) is 11.4 Å². The van der Waals surface area contributed by atoms with Gasteiger partial charge in [-0.2, -0.15) is 0 Å². The van der Waals surface area contributed by atoms with Gasteiger partial charge in [0.15, 0.2) is 5.78 Å². The summed E-state index contributed by atoms with van der Waals surface area (Å²) in [7, 11) is 0. The van der Waals surface area contributed by atoms with Crippen molar-refractivity contribution in [1.82, 2.24) is 10.2 Å². The molecule has 0 aromatic heterocycles. The molecule has 33 heavy (non-hydrogen) atoms. The standard InChI is InChI=1S/C27H38N2O4/c1-18(2)25(30)24(19-8-4-3-5-9-19)28-26(31)21-11-6-10-20(14-21)22-12-7-13-29(15-22)27(32)23-16-33-17-23/h6,10-11,14,18-19,22-24H,3-5,7-9,12-13,15-17H2,1-2H3,(H,28,31). The molecule has 1 aliphatic carbocycles. The summed E-state index contributed by atoms with van der Waals surface area (Å²) in [5.41, 5.74) is 1.69. The fourth-order valence-corrected chi connectivity index (χ4v) is 5.49. The van der Waals surface area contributed by atoms with Crippen molar-refractivity contribution in [1.29, 1.82) is 0 Å². The van der Waals surface area contributed by atoms with E-state index in [1.807, 2.05) is 36.9 Å². The van der Waals surface area contributed by atoms with Crippen molar-refractivity contribution < 1.29 is 19.1 Å². The van der Waals surface area contributed by atoms with Gasteiger partial charge in [0.25, 0.3) is 5.91 Å². The van der Waals surface area contributed by atoms with E-state index in [4.69, 9.17) is 4.74 Å². The van der Waals surface area contributed by atoms with Crippen LogP contribution in [-0.4, -0.2) is 54.8 Å². The van der Waals surface area contributed by atoms with Gasteiger partial charge in [0.2, 0.25) is 5.91 Å². The molecule has 6 heteroatoms. The summed E-state index contributed by atoms with van der Waals surface area (Å²) >= 11 is 0. The minimum absolute atomic E-state index is 0.0103. The number of hydrogen-bond donors (Lipinski definition) is 1. The normalized spacial score (nSPS) is 23.1. The molecule has 2 unspecified atom stereocenters. The summed E-state index contributed by atoms with van der Waals surface area (Å²) in [5.74, 6) is 0.524. The second kappa shape index (κ2) is 10.8. The summed E-state index contributed by atoms with van der Waals surface area (Å²) in [5, 5.41) is 3.10. The molecule has 2 heterocycles. The van der Waals surface area contributed by atoms with Crippen LogP contribution in [0.15, 0.2) is 24.3 Å². The Bertz CT molecular complexity index is 857. The van der Waals surface area contributed by atoms with Gasteiger partial charge in [0.05, 0.1) is 25.2 Å². The molecule has 3 aliphatic rings. The lowest BCUT2D eigenvalue weighted by atomic mass is 9.80. The zero-order chi connectivity index (χ0) is 23.4. The molecule has 2 atom stereocenters. The molecule has 1 saturated carbocycles. The van der Waals surface area contributed by atoms with Crippen LogP contribution in [0.3, 0.4) is 0 Å². The number of rotatable bonds is 7. The predicted molar refractivity (Wildman–Crippen MR) is 127 cm³/mol. The van der Waals surface area contributed by atoms with Crippen LogP contribution < -0.4 is 5.32 Å². The largest absolute Gasteiger partial charge is 0.380 e.